The van der Waals surface area contributed by atoms with Crippen LogP contribution in [0.3, 0.4) is 0 Å². The number of hydrogen-bond acceptors (Lipinski definition) is 6. The fourth-order valence-corrected chi connectivity index (χ4v) is 3.31. The molecule has 2 aromatic heterocycles. The van der Waals surface area contributed by atoms with E-state index >= 15 is 0 Å². The molecule has 0 bridgehead atoms. The van der Waals surface area contributed by atoms with Crippen LogP contribution in [0, 0.1) is 5.82 Å². The van der Waals surface area contributed by atoms with Gasteiger partial charge < -0.3 is 15.1 Å². The van der Waals surface area contributed by atoms with Gasteiger partial charge in [-0.3, -0.25) is 9.59 Å². The third-order valence-electron chi connectivity index (χ3n) is 4.16. The number of hydrogen-bond donors (Lipinski definition) is 2. The van der Waals surface area contributed by atoms with Crippen molar-refractivity contribution < 1.29 is 18.4 Å². The third-order valence-corrected chi connectivity index (χ3v) is 5.03. The Labute approximate surface area is 178 Å². The van der Waals surface area contributed by atoms with Crippen LogP contribution in [0.25, 0.3) is 11.5 Å². The van der Waals surface area contributed by atoms with Crippen LogP contribution < -0.4 is 16.4 Å². The molecule has 2 N–H and O–H groups in total. The summed E-state index contributed by atoms with van der Waals surface area (Å²) in [6.07, 6.45) is 0. The van der Waals surface area contributed by atoms with E-state index in [0.717, 1.165) is 4.68 Å². The zero-order chi connectivity index (χ0) is 21.8. The molecule has 0 aliphatic heterocycles. The first-order valence-corrected chi connectivity index (χ1v) is 9.94. The van der Waals surface area contributed by atoms with E-state index in [-0.39, 0.29) is 18.3 Å². The number of amides is 2. The Morgan fingerprint density at radius 1 is 1.00 bits per heavy atom. The summed E-state index contributed by atoms with van der Waals surface area (Å²) in [5.74, 6) is -1.95. The number of halogens is 1. The normalized spacial score (nSPS) is 10.6. The van der Waals surface area contributed by atoms with Crippen molar-refractivity contribution >= 4 is 34.5 Å². The van der Waals surface area contributed by atoms with Gasteiger partial charge in [-0.15, -0.1) is 16.4 Å². The van der Waals surface area contributed by atoms with Crippen LogP contribution in [0.1, 0.15) is 9.67 Å². The van der Waals surface area contributed by atoms with Crippen LogP contribution >= 0.6 is 11.3 Å². The molecule has 0 unspecified atom stereocenters. The maximum Gasteiger partial charge on any atom is 0.437 e. The van der Waals surface area contributed by atoms with E-state index < -0.39 is 17.5 Å². The maximum atomic E-state index is 13.0. The molecule has 2 heterocycles. The van der Waals surface area contributed by atoms with Crippen molar-refractivity contribution in [2.75, 3.05) is 10.6 Å². The smallest absolute Gasteiger partial charge is 0.388 e. The number of benzene rings is 2. The molecule has 2 amide bonds. The van der Waals surface area contributed by atoms with Crippen molar-refractivity contribution in [3.05, 3.63) is 87.3 Å². The summed E-state index contributed by atoms with van der Waals surface area (Å²) in [6.45, 7) is -0.361. The van der Waals surface area contributed by atoms with E-state index in [4.69, 9.17) is 4.42 Å². The van der Waals surface area contributed by atoms with Crippen molar-refractivity contribution in [3.63, 3.8) is 0 Å². The monoisotopic (exact) mass is 438 g/mol. The zero-order valence-corrected chi connectivity index (χ0v) is 16.7. The fourth-order valence-electron chi connectivity index (χ4n) is 2.69. The Hall–Kier alpha value is -4.05. The van der Waals surface area contributed by atoms with Crippen molar-refractivity contribution in [2.24, 2.45) is 0 Å². The van der Waals surface area contributed by atoms with Gasteiger partial charge in [-0.05, 0) is 60.0 Å². The summed E-state index contributed by atoms with van der Waals surface area (Å²) in [5.41, 5.74) is 1.47. The fraction of sp³-hybridized carbons (Fsp3) is 0.0476. The third kappa shape index (κ3) is 4.93. The first kappa shape index (κ1) is 20.2. The molecule has 0 saturated carbocycles. The summed E-state index contributed by atoms with van der Waals surface area (Å²) in [4.78, 5) is 36.9. The van der Waals surface area contributed by atoms with E-state index in [2.05, 4.69) is 15.7 Å². The average Bonchev–Trinajstić information content (AvgIpc) is 3.41. The summed E-state index contributed by atoms with van der Waals surface area (Å²) in [6, 6.07) is 15.3. The Kier molecular flexibility index (Phi) is 5.72. The molecule has 0 radical (unpaired) electrons. The number of anilines is 2. The van der Waals surface area contributed by atoms with E-state index in [9.17, 15) is 18.8 Å². The standard InChI is InChI=1S/C21H15FN4O4S/c22-14-5-3-13(4-6-14)20-25-26(21(29)30-20)12-18(27)23-15-7-9-16(10-8-15)24-19(28)17-2-1-11-31-17/h1-11H,12H2,(H,23,27)(H,24,28). The molecule has 0 aliphatic carbocycles. The van der Waals surface area contributed by atoms with Crippen LogP contribution in [-0.2, 0) is 11.3 Å². The van der Waals surface area contributed by atoms with Crippen LogP contribution in [-0.4, -0.2) is 21.6 Å². The molecule has 4 rings (SSSR count). The summed E-state index contributed by atoms with van der Waals surface area (Å²) in [5, 5.41) is 11.2. The predicted octanol–water partition coefficient (Wildman–Crippen LogP) is 3.59. The molecule has 0 aliphatic rings. The second kappa shape index (κ2) is 8.76. The van der Waals surface area contributed by atoms with Crippen LogP contribution in [0.5, 0.6) is 0 Å². The Bertz CT molecular complexity index is 1260. The van der Waals surface area contributed by atoms with Crippen molar-refractivity contribution in [3.8, 4) is 11.5 Å². The molecule has 0 atom stereocenters. The molecular weight excluding hydrogens is 423 g/mol. The van der Waals surface area contributed by atoms with Crippen molar-refractivity contribution in [2.45, 2.75) is 6.54 Å². The Morgan fingerprint density at radius 2 is 1.68 bits per heavy atom. The average molecular weight is 438 g/mol. The minimum Gasteiger partial charge on any atom is -0.388 e. The molecule has 2 aromatic carbocycles. The van der Waals surface area contributed by atoms with E-state index in [0.29, 0.717) is 21.8 Å². The molecule has 31 heavy (non-hydrogen) atoms. The highest BCUT2D eigenvalue weighted by Crippen LogP contribution is 2.17. The first-order valence-electron chi connectivity index (χ1n) is 9.06. The van der Waals surface area contributed by atoms with Gasteiger partial charge in [-0.2, -0.15) is 4.68 Å². The van der Waals surface area contributed by atoms with Gasteiger partial charge in [-0.1, -0.05) is 6.07 Å². The molecule has 10 heteroatoms. The highest BCUT2D eigenvalue weighted by molar-refractivity contribution is 7.12. The molecular formula is C21H15FN4O4S. The SMILES string of the molecule is O=C(Cn1nc(-c2ccc(F)cc2)oc1=O)Nc1ccc(NC(=O)c2cccs2)cc1. The van der Waals surface area contributed by atoms with Crippen molar-refractivity contribution in [1.29, 1.82) is 0 Å². The minimum atomic E-state index is -0.805. The molecule has 0 saturated heterocycles. The second-order valence-electron chi connectivity index (χ2n) is 6.39. The molecule has 4 aromatic rings. The predicted molar refractivity (Wildman–Crippen MR) is 114 cm³/mol. The molecule has 0 spiro atoms. The van der Waals surface area contributed by atoms with Gasteiger partial charge in [-0.25, -0.2) is 9.18 Å². The number of nitrogens with one attached hydrogen (secondary N) is 2. The van der Waals surface area contributed by atoms with E-state index in [1.54, 1.807) is 36.4 Å². The highest BCUT2D eigenvalue weighted by Gasteiger charge is 2.14. The number of carbonyl (C=O) groups excluding carboxylic acids is 2. The van der Waals surface area contributed by atoms with Crippen molar-refractivity contribution in [1.82, 2.24) is 9.78 Å². The lowest BCUT2D eigenvalue weighted by Gasteiger charge is -2.07. The van der Waals surface area contributed by atoms with Gasteiger partial charge in [0.2, 0.25) is 11.8 Å². The van der Waals surface area contributed by atoms with E-state index in [1.165, 1.54) is 35.6 Å². The number of aromatic nitrogens is 2. The molecule has 0 fully saturated rings. The second-order valence-corrected chi connectivity index (χ2v) is 7.34. The van der Waals surface area contributed by atoms with Gasteiger partial charge in [0.25, 0.3) is 5.91 Å². The number of nitrogens with zero attached hydrogens (tertiary/aromatic N) is 2. The molecule has 156 valence electrons. The van der Waals surface area contributed by atoms with E-state index in [1.807, 2.05) is 5.38 Å². The first-order chi connectivity index (χ1) is 15.0. The number of rotatable bonds is 6. The summed E-state index contributed by atoms with van der Waals surface area (Å²) in [7, 11) is 0. The van der Waals surface area contributed by atoms with Crippen LogP contribution in [0.4, 0.5) is 15.8 Å². The Morgan fingerprint density at radius 3 is 2.32 bits per heavy atom. The lowest BCUT2D eigenvalue weighted by molar-refractivity contribution is -0.117. The molecule has 8 nitrogen and oxygen atoms in total. The van der Waals surface area contributed by atoms with Crippen LogP contribution in [0.2, 0.25) is 0 Å². The number of carbonyl (C=O) groups is 2. The Balaban J connectivity index is 1.37. The topological polar surface area (TPSA) is 106 Å². The maximum absolute atomic E-state index is 13.0. The van der Waals surface area contributed by atoms with Gasteiger partial charge in [0.1, 0.15) is 12.4 Å². The highest BCUT2D eigenvalue weighted by atomic mass is 32.1. The lowest BCUT2D eigenvalue weighted by atomic mass is 10.2. The van der Waals surface area contributed by atoms with Gasteiger partial charge >= 0.3 is 5.76 Å². The van der Waals surface area contributed by atoms with Gasteiger partial charge in [0, 0.05) is 16.9 Å². The number of thiophene rings is 1. The van der Waals surface area contributed by atoms with Crippen LogP contribution in [0.15, 0.2) is 75.3 Å². The van der Waals surface area contributed by atoms with Gasteiger partial charge in [0.05, 0.1) is 4.88 Å². The lowest BCUT2D eigenvalue weighted by Crippen LogP contribution is -2.25. The summed E-state index contributed by atoms with van der Waals surface area (Å²) >= 11 is 1.34. The quantitative estimate of drug-likeness (QED) is 0.479. The summed E-state index contributed by atoms with van der Waals surface area (Å²) < 4.78 is 18.9. The minimum absolute atomic E-state index is 0.0105. The largest absolute Gasteiger partial charge is 0.437 e. The zero-order valence-electron chi connectivity index (χ0n) is 15.9. The van der Waals surface area contributed by atoms with Gasteiger partial charge in [0.15, 0.2) is 0 Å².